The number of rotatable bonds is 0. The van der Waals surface area contributed by atoms with Crippen LogP contribution in [0.25, 0.3) is 0 Å². The van der Waals surface area contributed by atoms with E-state index in [0.717, 1.165) is 0 Å². The highest BCUT2D eigenvalue weighted by Crippen LogP contribution is 2.44. The van der Waals surface area contributed by atoms with Crippen LogP contribution < -0.4 is 0 Å². The van der Waals surface area contributed by atoms with Gasteiger partial charge in [-0.25, -0.2) is 0 Å². The molecule has 0 spiro atoms. The maximum Gasteiger partial charge on any atom is 0.132 e. The first-order valence-corrected chi connectivity index (χ1v) is 4.38. The average Bonchev–Trinajstić information content (AvgIpc) is 2.27. The number of likely N-dealkylation sites (N-methyl/N-ethyl adjacent to an activating group) is 1. The van der Waals surface area contributed by atoms with Crippen LogP contribution in [0.15, 0.2) is 0 Å². The Hall–Kier alpha value is 0.335. The summed E-state index contributed by atoms with van der Waals surface area (Å²) in [6, 6.07) is 0. The van der Waals surface area contributed by atoms with E-state index in [9.17, 15) is 5.11 Å². The van der Waals surface area contributed by atoms with Crippen LogP contribution in [-0.4, -0.2) is 92.4 Å². The van der Waals surface area contributed by atoms with Gasteiger partial charge >= 0.3 is 0 Å². The Bertz CT molecular complexity index is 284. The fourth-order valence-electron chi connectivity index (χ4n) is 1.97. The highest BCUT2D eigenvalue weighted by Gasteiger charge is 2.66. The van der Waals surface area contributed by atoms with E-state index in [1.165, 1.54) is 26.3 Å². The fraction of sp³-hybridized carbons (Fsp3) is 1.00. The standard InChI is InChI=1S/C5H4B7NO2/c1-13-4(10)2(6,7)15-3(8,9)5(13,14)12-11-4/h14H,1H3. The first-order valence-electron chi connectivity index (χ1n) is 4.38. The maximum absolute atomic E-state index is 10.2. The van der Waals surface area contributed by atoms with E-state index in [-0.39, 0.29) is 0 Å². The molecule has 3 nitrogen and oxygen atoms in total. The number of hydrogen-bond donors (Lipinski definition) is 1. The summed E-state index contributed by atoms with van der Waals surface area (Å²) in [4.78, 5) is 1.28. The Morgan fingerprint density at radius 2 is 1.60 bits per heavy atom. The van der Waals surface area contributed by atoms with Crippen LogP contribution in [0.4, 0.5) is 0 Å². The van der Waals surface area contributed by atoms with Crippen LogP contribution >= 0.6 is 0 Å². The van der Waals surface area contributed by atoms with Gasteiger partial charge in [-0.05, 0) is 17.8 Å². The van der Waals surface area contributed by atoms with Crippen LogP contribution in [0.5, 0.6) is 0 Å². The van der Waals surface area contributed by atoms with Gasteiger partial charge in [0.05, 0.1) is 36.3 Å². The van der Waals surface area contributed by atoms with Gasteiger partial charge in [-0.3, -0.25) is 4.90 Å². The summed E-state index contributed by atoms with van der Waals surface area (Å²) in [5, 5.41) is 5.11. The molecule has 2 heterocycles. The van der Waals surface area contributed by atoms with Gasteiger partial charge in [-0.2, -0.15) is 0 Å². The lowest BCUT2D eigenvalue weighted by Gasteiger charge is -2.64. The number of nitrogens with zero attached hydrogens (tertiary/aromatic N) is 1. The zero-order valence-corrected chi connectivity index (χ0v) is 8.34. The Morgan fingerprint density at radius 3 is 2.13 bits per heavy atom. The number of aliphatic hydroxyl groups is 1. The van der Waals surface area contributed by atoms with Gasteiger partial charge in [-0.15, -0.1) is 0 Å². The molecule has 2 bridgehead atoms. The third kappa shape index (κ3) is 1.16. The Morgan fingerprint density at radius 1 is 1.07 bits per heavy atom. The highest BCUT2D eigenvalue weighted by molar-refractivity contribution is 7.08. The fourth-order valence-corrected chi connectivity index (χ4v) is 1.97. The summed E-state index contributed by atoms with van der Waals surface area (Å²) in [5.74, 6) is 0. The van der Waals surface area contributed by atoms with E-state index in [1.807, 2.05) is 0 Å². The quantitative estimate of drug-likeness (QED) is 0.388. The average molecular weight is 186 g/mol. The van der Waals surface area contributed by atoms with E-state index in [0.29, 0.717) is 0 Å². The lowest BCUT2D eigenvalue weighted by Crippen LogP contribution is -2.81. The molecule has 2 aliphatic rings. The summed E-state index contributed by atoms with van der Waals surface area (Å²) >= 11 is 0. The molecule has 15 heavy (non-hydrogen) atoms. The molecule has 2 aliphatic heterocycles. The molecule has 0 saturated carbocycles. The number of ether oxygens (including phenoxy) is 1. The Kier molecular flexibility index (Phi) is 2.18. The molecule has 0 aromatic heterocycles. The molecule has 62 valence electrons. The van der Waals surface area contributed by atoms with E-state index in [1.54, 1.807) is 0 Å². The van der Waals surface area contributed by atoms with Gasteiger partial charge < -0.3 is 9.84 Å². The zero-order chi connectivity index (χ0) is 11.7. The van der Waals surface area contributed by atoms with Crippen LogP contribution in [0.2, 0.25) is 0 Å². The van der Waals surface area contributed by atoms with Gasteiger partial charge in [0.15, 0.2) is 0 Å². The molecule has 2 rings (SSSR count). The van der Waals surface area contributed by atoms with Crippen molar-refractivity contribution in [1.29, 1.82) is 0 Å². The smallest absolute Gasteiger partial charge is 0.132 e. The van der Waals surface area contributed by atoms with E-state index in [2.05, 4.69) is 0 Å². The Labute approximate surface area is 97.6 Å². The molecule has 2 unspecified atom stereocenters. The molecule has 0 aromatic rings. The van der Waals surface area contributed by atoms with Crippen molar-refractivity contribution in [1.82, 2.24) is 4.90 Å². The molecule has 0 aliphatic carbocycles. The number of fused-ring (bicyclic) bond motifs is 2. The van der Waals surface area contributed by atoms with Crippen molar-refractivity contribution in [3.8, 4) is 0 Å². The molecule has 1 N–H and O–H groups in total. The van der Waals surface area contributed by atoms with Crippen molar-refractivity contribution in [2.75, 3.05) is 7.05 Å². The van der Waals surface area contributed by atoms with Crippen molar-refractivity contribution in [2.24, 2.45) is 0 Å². The lowest BCUT2D eigenvalue weighted by molar-refractivity contribution is -0.202. The topological polar surface area (TPSA) is 32.7 Å². The summed E-state index contributed by atoms with van der Waals surface area (Å²) < 4.78 is 5.06. The molecule has 10 heteroatoms. The molecular formula is C5H4B7NO2. The Balaban J connectivity index is 2.53. The third-order valence-corrected chi connectivity index (χ3v) is 3.17. The monoisotopic (exact) mass is 187 g/mol. The summed E-state index contributed by atoms with van der Waals surface area (Å²) in [6.07, 6.45) is 0. The summed E-state index contributed by atoms with van der Waals surface area (Å²) in [5.41, 5.74) is -1.73. The van der Waals surface area contributed by atoms with Crippen molar-refractivity contribution in [2.45, 2.75) is 21.8 Å². The molecule has 2 saturated heterocycles. The minimum absolute atomic E-state index is 1.28. The minimum atomic E-state index is -1.93. The predicted molar refractivity (Wildman–Crippen MR) is 62.3 cm³/mol. The van der Waals surface area contributed by atoms with Crippen molar-refractivity contribution < 1.29 is 9.84 Å². The van der Waals surface area contributed by atoms with E-state index >= 15 is 0 Å². The molecule has 0 aromatic carbocycles. The van der Waals surface area contributed by atoms with E-state index < -0.39 is 21.8 Å². The highest BCUT2D eigenvalue weighted by atomic mass is 16.5. The minimum Gasteiger partial charge on any atom is -0.403 e. The number of hydrogen-bond acceptors (Lipinski definition) is 3. The number of morpholine rings is 1. The molecule has 2 atom stereocenters. The van der Waals surface area contributed by atoms with Gasteiger partial charge in [0.2, 0.25) is 0 Å². The second kappa shape index (κ2) is 2.77. The SMILES string of the molecule is [B]C1([B])OC([B])([B])C2(O)[B][B]C1([B])N2C. The van der Waals surface area contributed by atoms with Gasteiger partial charge in [-0.1, -0.05) is 0 Å². The molecule has 12 radical (unpaired) electrons. The second-order valence-electron chi connectivity index (χ2n) is 4.13. The van der Waals surface area contributed by atoms with Gasteiger partial charge in [0.1, 0.15) is 22.9 Å². The molecule has 0 amide bonds. The largest absolute Gasteiger partial charge is 0.403 e. The molecule has 2 fully saturated rings. The van der Waals surface area contributed by atoms with Crippen LogP contribution in [-0.2, 0) is 4.74 Å². The summed E-state index contributed by atoms with van der Waals surface area (Å²) in [7, 11) is 32.8. The predicted octanol–water partition coefficient (Wildman–Crippen LogP) is -4.26. The third-order valence-electron chi connectivity index (χ3n) is 3.17. The lowest BCUT2D eigenvalue weighted by atomic mass is 9.22. The molecular weight excluding hydrogens is 182 g/mol. The maximum atomic E-state index is 10.2. The summed E-state index contributed by atoms with van der Waals surface area (Å²) in [6.45, 7) is 0. The van der Waals surface area contributed by atoms with Crippen molar-refractivity contribution in [3.05, 3.63) is 0 Å². The van der Waals surface area contributed by atoms with Crippen molar-refractivity contribution >= 4 is 53.6 Å². The van der Waals surface area contributed by atoms with Gasteiger partial charge in [0, 0.05) is 5.40 Å². The van der Waals surface area contributed by atoms with Crippen LogP contribution in [0, 0.1) is 0 Å². The second-order valence-corrected chi connectivity index (χ2v) is 4.13. The normalized spacial score (nSPS) is 46.8. The zero-order valence-electron chi connectivity index (χ0n) is 8.34. The van der Waals surface area contributed by atoms with Crippen molar-refractivity contribution in [3.63, 3.8) is 0 Å². The van der Waals surface area contributed by atoms with Gasteiger partial charge in [0.25, 0.3) is 0 Å². The van der Waals surface area contributed by atoms with E-state index in [4.69, 9.17) is 44.0 Å². The van der Waals surface area contributed by atoms with Crippen LogP contribution in [0.3, 0.4) is 0 Å². The first kappa shape index (κ1) is 11.8. The first-order chi connectivity index (χ1) is 6.57. The van der Waals surface area contributed by atoms with Crippen LogP contribution in [0.1, 0.15) is 0 Å².